The van der Waals surface area contributed by atoms with Gasteiger partial charge in [0, 0.05) is 18.4 Å². The van der Waals surface area contributed by atoms with Crippen LogP contribution < -0.4 is 5.32 Å². The van der Waals surface area contributed by atoms with Crippen LogP contribution >= 0.6 is 45.2 Å². The summed E-state index contributed by atoms with van der Waals surface area (Å²) in [6, 6.07) is 17.4. The van der Waals surface area contributed by atoms with Crippen LogP contribution in [0.4, 0.5) is 5.69 Å². The van der Waals surface area contributed by atoms with E-state index in [0.29, 0.717) is 11.5 Å². The third-order valence-corrected chi connectivity index (χ3v) is 6.18. The van der Waals surface area contributed by atoms with Crippen LogP contribution in [0.2, 0.25) is 0 Å². The van der Waals surface area contributed by atoms with Gasteiger partial charge in [0.15, 0.2) is 5.58 Å². The van der Waals surface area contributed by atoms with Crippen molar-refractivity contribution in [1.29, 1.82) is 0 Å². The molecular weight excluding hydrogens is 578 g/mol. The van der Waals surface area contributed by atoms with E-state index in [4.69, 9.17) is 4.42 Å². The Labute approximate surface area is 190 Å². The Morgan fingerprint density at radius 2 is 1.68 bits per heavy atom. The summed E-state index contributed by atoms with van der Waals surface area (Å²) in [5.74, 6) is 0.452. The zero-order valence-electron chi connectivity index (χ0n) is 15.2. The predicted molar refractivity (Wildman–Crippen MR) is 129 cm³/mol. The number of benzene rings is 3. The molecule has 1 aromatic heterocycles. The molecule has 0 saturated heterocycles. The number of nitrogens with one attached hydrogen (secondary N) is 1. The van der Waals surface area contributed by atoms with E-state index in [-0.39, 0.29) is 5.91 Å². The summed E-state index contributed by atoms with van der Waals surface area (Å²) in [6.07, 6.45) is 0. The Bertz CT molecular complexity index is 1160. The topological polar surface area (TPSA) is 55.1 Å². The minimum atomic E-state index is -0.122. The minimum absolute atomic E-state index is 0.122. The fourth-order valence-corrected chi connectivity index (χ4v) is 3.94. The Hall–Kier alpha value is -1.94. The largest absolute Gasteiger partial charge is 0.436 e. The molecule has 0 saturated carbocycles. The average Bonchev–Trinajstić information content (AvgIpc) is 3.07. The number of fused-ring (bicyclic) bond motifs is 1. The van der Waals surface area contributed by atoms with Crippen molar-refractivity contribution in [3.8, 4) is 11.5 Å². The van der Waals surface area contributed by atoms with E-state index in [1.165, 1.54) is 11.1 Å². The van der Waals surface area contributed by atoms with Crippen LogP contribution in [0.5, 0.6) is 0 Å². The second-order valence-corrected chi connectivity index (χ2v) is 8.99. The molecule has 1 N–H and O–H groups in total. The van der Waals surface area contributed by atoms with E-state index in [1.54, 1.807) is 0 Å². The number of amides is 1. The maximum absolute atomic E-state index is 12.6. The fourth-order valence-electron chi connectivity index (χ4n) is 2.87. The van der Waals surface area contributed by atoms with Gasteiger partial charge in [-0.05, 0) is 125 Å². The van der Waals surface area contributed by atoms with E-state index in [2.05, 4.69) is 69.3 Å². The van der Waals surface area contributed by atoms with Crippen molar-refractivity contribution in [2.24, 2.45) is 0 Å². The Kier molecular flexibility index (Phi) is 5.42. The highest BCUT2D eigenvalue weighted by atomic mass is 127. The van der Waals surface area contributed by atoms with Crippen molar-refractivity contribution in [1.82, 2.24) is 4.98 Å². The molecule has 0 spiro atoms. The molecule has 0 radical (unpaired) electrons. The van der Waals surface area contributed by atoms with Crippen molar-refractivity contribution < 1.29 is 9.21 Å². The van der Waals surface area contributed by atoms with Gasteiger partial charge in [-0.1, -0.05) is 0 Å². The summed E-state index contributed by atoms with van der Waals surface area (Å²) in [6.45, 7) is 4.12. The lowest BCUT2D eigenvalue weighted by atomic mass is 10.1. The third-order valence-electron chi connectivity index (χ3n) is 4.57. The lowest BCUT2D eigenvalue weighted by Gasteiger charge is -2.08. The van der Waals surface area contributed by atoms with Gasteiger partial charge in [0.25, 0.3) is 5.91 Å². The van der Waals surface area contributed by atoms with Gasteiger partial charge in [-0.2, -0.15) is 0 Å². The fraction of sp³-hybridized carbons (Fsp3) is 0.0909. The van der Waals surface area contributed by atoms with E-state index < -0.39 is 0 Å². The van der Waals surface area contributed by atoms with Crippen LogP contribution in [0, 0.1) is 21.0 Å². The van der Waals surface area contributed by atoms with Crippen molar-refractivity contribution >= 4 is 67.9 Å². The minimum Gasteiger partial charge on any atom is -0.436 e. The Balaban J connectivity index is 1.57. The Morgan fingerprint density at radius 3 is 2.43 bits per heavy atom. The highest BCUT2D eigenvalue weighted by Crippen LogP contribution is 2.27. The molecule has 28 heavy (non-hydrogen) atoms. The predicted octanol–water partition coefficient (Wildman–Crippen LogP) is 6.57. The third kappa shape index (κ3) is 3.93. The van der Waals surface area contributed by atoms with Crippen LogP contribution in [-0.4, -0.2) is 10.9 Å². The second-order valence-electron chi connectivity index (χ2n) is 6.58. The van der Waals surface area contributed by atoms with Crippen LogP contribution in [0.25, 0.3) is 22.6 Å². The summed E-state index contributed by atoms with van der Waals surface area (Å²) in [4.78, 5) is 17.2. The number of oxazole rings is 1. The van der Waals surface area contributed by atoms with Gasteiger partial charge in [0.05, 0.1) is 5.56 Å². The molecule has 0 atom stereocenters. The summed E-state index contributed by atoms with van der Waals surface area (Å²) in [5, 5.41) is 2.95. The number of rotatable bonds is 3. The molecule has 1 heterocycles. The first kappa shape index (κ1) is 19.4. The zero-order chi connectivity index (χ0) is 19.8. The average molecular weight is 594 g/mol. The maximum atomic E-state index is 12.6. The molecule has 4 aromatic rings. The maximum Gasteiger partial charge on any atom is 0.256 e. The number of aromatic nitrogens is 1. The molecule has 3 aromatic carbocycles. The van der Waals surface area contributed by atoms with Crippen molar-refractivity contribution in [3.63, 3.8) is 0 Å². The van der Waals surface area contributed by atoms with Crippen molar-refractivity contribution in [3.05, 3.63) is 78.4 Å². The number of anilines is 1. The van der Waals surface area contributed by atoms with Crippen LogP contribution in [0.1, 0.15) is 21.5 Å². The highest BCUT2D eigenvalue weighted by molar-refractivity contribution is 14.1. The summed E-state index contributed by atoms with van der Waals surface area (Å²) in [5.41, 5.74) is 6.27. The molecule has 140 valence electrons. The van der Waals surface area contributed by atoms with Crippen LogP contribution in [0.15, 0.2) is 59.0 Å². The molecule has 0 aliphatic carbocycles. The van der Waals surface area contributed by atoms with E-state index in [0.717, 1.165) is 29.5 Å². The lowest BCUT2D eigenvalue weighted by Crippen LogP contribution is -2.13. The number of nitrogens with zero attached hydrogens (tertiary/aromatic N) is 1. The second kappa shape index (κ2) is 7.82. The normalized spacial score (nSPS) is 11.0. The molecule has 6 heteroatoms. The number of carbonyl (C=O) groups excluding carboxylic acids is 1. The molecule has 4 rings (SSSR count). The molecule has 0 fully saturated rings. The monoisotopic (exact) mass is 594 g/mol. The number of carbonyl (C=O) groups is 1. The molecular formula is C22H16I2N2O2. The van der Waals surface area contributed by atoms with Gasteiger partial charge < -0.3 is 9.73 Å². The smallest absolute Gasteiger partial charge is 0.256 e. The van der Waals surface area contributed by atoms with Gasteiger partial charge in [-0.15, -0.1) is 0 Å². The Morgan fingerprint density at radius 1 is 0.964 bits per heavy atom. The van der Waals surface area contributed by atoms with E-state index in [9.17, 15) is 4.79 Å². The van der Waals surface area contributed by atoms with Gasteiger partial charge in [0.2, 0.25) is 5.89 Å². The number of halogens is 2. The summed E-state index contributed by atoms with van der Waals surface area (Å²) in [7, 11) is 0. The van der Waals surface area contributed by atoms with E-state index in [1.807, 2.05) is 54.6 Å². The summed E-state index contributed by atoms with van der Waals surface area (Å²) < 4.78 is 7.86. The first-order valence-electron chi connectivity index (χ1n) is 8.65. The molecule has 0 bridgehead atoms. The molecule has 0 unspecified atom stereocenters. The number of aryl methyl sites for hydroxylation is 2. The van der Waals surface area contributed by atoms with E-state index >= 15 is 0 Å². The highest BCUT2D eigenvalue weighted by Gasteiger charge is 2.12. The quantitative estimate of drug-likeness (QED) is 0.273. The number of hydrogen-bond donors (Lipinski definition) is 1. The SMILES string of the molecule is Cc1cc2nc(-c3ccc(NC(=O)c4cc(I)ccc4I)cc3)oc2cc1C. The standard InChI is InChI=1S/C22H16I2N2O2/c1-12-9-19-20(10-13(12)2)28-22(26-19)14-3-6-16(7-4-14)25-21(27)17-11-15(23)5-8-18(17)24/h3-11H,1-2H3,(H,25,27). The number of hydrogen-bond acceptors (Lipinski definition) is 3. The summed E-state index contributed by atoms with van der Waals surface area (Å²) >= 11 is 4.38. The molecule has 0 aliphatic rings. The zero-order valence-corrected chi connectivity index (χ0v) is 19.5. The first-order valence-corrected chi connectivity index (χ1v) is 10.8. The van der Waals surface area contributed by atoms with Crippen molar-refractivity contribution in [2.75, 3.05) is 5.32 Å². The first-order chi connectivity index (χ1) is 13.4. The van der Waals surface area contributed by atoms with Crippen molar-refractivity contribution in [2.45, 2.75) is 13.8 Å². The molecule has 1 amide bonds. The molecule has 4 nitrogen and oxygen atoms in total. The van der Waals surface area contributed by atoms with Gasteiger partial charge in [0.1, 0.15) is 5.52 Å². The van der Waals surface area contributed by atoms with Gasteiger partial charge >= 0.3 is 0 Å². The van der Waals surface area contributed by atoms with Gasteiger partial charge in [-0.25, -0.2) is 4.98 Å². The van der Waals surface area contributed by atoms with Crippen LogP contribution in [0.3, 0.4) is 0 Å². The van der Waals surface area contributed by atoms with Crippen LogP contribution in [-0.2, 0) is 0 Å². The molecule has 0 aliphatic heterocycles. The lowest BCUT2D eigenvalue weighted by molar-refractivity contribution is 0.102. The van der Waals surface area contributed by atoms with Gasteiger partial charge in [-0.3, -0.25) is 4.79 Å².